The van der Waals surface area contributed by atoms with Crippen molar-refractivity contribution in [2.24, 2.45) is 0 Å². The molecule has 0 radical (unpaired) electrons. The number of aliphatic carboxylic acids is 1. The number of benzene rings is 1. The highest BCUT2D eigenvalue weighted by atomic mass is 79.9. The molecule has 1 aromatic rings. The summed E-state index contributed by atoms with van der Waals surface area (Å²) in [5, 5.41) is 11.0. The molecule has 1 aromatic carbocycles. The second kappa shape index (κ2) is 6.17. The van der Waals surface area contributed by atoms with Gasteiger partial charge in [-0.3, -0.25) is 4.79 Å². The zero-order valence-electron chi connectivity index (χ0n) is 9.11. The van der Waals surface area contributed by atoms with Gasteiger partial charge in [0.25, 0.3) is 5.91 Å². The van der Waals surface area contributed by atoms with E-state index in [9.17, 15) is 14.0 Å². The second-order valence-corrected chi connectivity index (χ2v) is 4.31. The minimum Gasteiger partial charge on any atom is -0.480 e. The van der Waals surface area contributed by atoms with Gasteiger partial charge in [0, 0.05) is 10.9 Å². The summed E-state index contributed by atoms with van der Waals surface area (Å²) in [6.45, 7) is 0. The molecule has 1 atom stereocenters. The number of carbonyl (C=O) groups excluding carboxylic acids is 1. The third-order valence-electron chi connectivity index (χ3n) is 2.10. The molecule has 2 N–H and O–H groups in total. The molecule has 0 saturated heterocycles. The van der Waals surface area contributed by atoms with Gasteiger partial charge in [0.15, 0.2) is 0 Å². The summed E-state index contributed by atoms with van der Waals surface area (Å²) in [6.07, 6.45) is 4.82. The van der Waals surface area contributed by atoms with Crippen molar-refractivity contribution in [3.05, 3.63) is 34.1 Å². The molecular formula is C12H9BrFNO3. The lowest BCUT2D eigenvalue weighted by Crippen LogP contribution is -2.40. The fourth-order valence-electron chi connectivity index (χ4n) is 1.23. The van der Waals surface area contributed by atoms with E-state index in [1.807, 2.05) is 0 Å². The Kier molecular flexibility index (Phi) is 4.86. The number of halogens is 2. The Bertz CT molecular complexity index is 525. The van der Waals surface area contributed by atoms with Crippen LogP contribution in [0.15, 0.2) is 22.7 Å². The number of hydrogen-bond acceptors (Lipinski definition) is 2. The van der Waals surface area contributed by atoms with Crippen molar-refractivity contribution < 1.29 is 19.1 Å². The molecule has 0 heterocycles. The predicted octanol–water partition coefficient (Wildman–Crippen LogP) is 1.79. The SMILES string of the molecule is C#CCC(NC(=O)c1ccc(Br)cc1F)C(=O)O. The Hall–Kier alpha value is -1.87. The van der Waals surface area contributed by atoms with Crippen LogP contribution in [0.4, 0.5) is 4.39 Å². The molecule has 0 spiro atoms. The first-order chi connectivity index (χ1) is 8.45. The average molecular weight is 314 g/mol. The fraction of sp³-hybridized carbons (Fsp3) is 0.167. The van der Waals surface area contributed by atoms with Crippen LogP contribution in [0.3, 0.4) is 0 Å². The minimum atomic E-state index is -1.26. The largest absolute Gasteiger partial charge is 0.480 e. The summed E-state index contributed by atoms with van der Waals surface area (Å²) < 4.78 is 13.9. The Labute approximate surface area is 111 Å². The Morgan fingerprint density at radius 3 is 2.72 bits per heavy atom. The molecule has 94 valence electrons. The normalized spacial score (nSPS) is 11.4. The summed E-state index contributed by atoms with van der Waals surface area (Å²) in [5.74, 6) is -0.693. The zero-order chi connectivity index (χ0) is 13.7. The molecule has 0 aliphatic rings. The highest BCUT2D eigenvalue weighted by molar-refractivity contribution is 9.10. The predicted molar refractivity (Wildman–Crippen MR) is 66.4 cm³/mol. The van der Waals surface area contributed by atoms with Crippen molar-refractivity contribution in [3.8, 4) is 12.3 Å². The molecule has 0 fully saturated rings. The fourth-order valence-corrected chi connectivity index (χ4v) is 1.56. The quantitative estimate of drug-likeness (QED) is 0.833. The summed E-state index contributed by atoms with van der Waals surface area (Å²) >= 11 is 3.05. The van der Waals surface area contributed by atoms with Gasteiger partial charge in [0.2, 0.25) is 0 Å². The number of carbonyl (C=O) groups is 2. The Morgan fingerprint density at radius 1 is 1.56 bits per heavy atom. The monoisotopic (exact) mass is 313 g/mol. The van der Waals surface area contributed by atoms with E-state index in [4.69, 9.17) is 11.5 Å². The molecule has 0 aromatic heterocycles. The average Bonchev–Trinajstić information content (AvgIpc) is 2.27. The van der Waals surface area contributed by atoms with E-state index < -0.39 is 23.7 Å². The molecule has 0 saturated carbocycles. The highest BCUT2D eigenvalue weighted by Gasteiger charge is 2.21. The standard InChI is InChI=1S/C12H9BrFNO3/c1-2-3-10(12(17)18)15-11(16)8-5-4-7(13)6-9(8)14/h1,4-6,10H,3H2,(H,15,16)(H,17,18). The first-order valence-electron chi connectivity index (χ1n) is 4.88. The van der Waals surface area contributed by atoms with Crippen LogP contribution in [-0.4, -0.2) is 23.0 Å². The molecule has 6 heteroatoms. The maximum Gasteiger partial charge on any atom is 0.327 e. The van der Waals surface area contributed by atoms with E-state index in [1.165, 1.54) is 12.1 Å². The molecule has 18 heavy (non-hydrogen) atoms. The summed E-state index contributed by atoms with van der Waals surface area (Å²) in [4.78, 5) is 22.5. The van der Waals surface area contributed by atoms with Gasteiger partial charge in [0.1, 0.15) is 11.9 Å². The molecule has 1 unspecified atom stereocenters. The van der Waals surface area contributed by atoms with E-state index in [-0.39, 0.29) is 12.0 Å². The van der Waals surface area contributed by atoms with Crippen LogP contribution in [0.1, 0.15) is 16.8 Å². The van der Waals surface area contributed by atoms with Crippen LogP contribution in [0.2, 0.25) is 0 Å². The summed E-state index contributed by atoms with van der Waals surface area (Å²) in [7, 11) is 0. The number of amides is 1. The van der Waals surface area contributed by atoms with Crippen LogP contribution in [0, 0.1) is 18.2 Å². The smallest absolute Gasteiger partial charge is 0.327 e. The van der Waals surface area contributed by atoms with Crippen LogP contribution in [-0.2, 0) is 4.79 Å². The maximum atomic E-state index is 13.5. The first kappa shape index (κ1) is 14.2. The molecule has 0 bridgehead atoms. The number of carboxylic acids is 1. The number of nitrogens with one attached hydrogen (secondary N) is 1. The van der Waals surface area contributed by atoms with Crippen molar-refractivity contribution in [2.45, 2.75) is 12.5 Å². The van der Waals surface area contributed by atoms with E-state index in [2.05, 4.69) is 27.2 Å². The molecule has 1 rings (SSSR count). The lowest BCUT2D eigenvalue weighted by Gasteiger charge is -2.12. The zero-order valence-corrected chi connectivity index (χ0v) is 10.7. The highest BCUT2D eigenvalue weighted by Crippen LogP contribution is 2.15. The van der Waals surface area contributed by atoms with Crippen LogP contribution in [0.25, 0.3) is 0 Å². The topological polar surface area (TPSA) is 66.4 Å². The Balaban J connectivity index is 2.87. The lowest BCUT2D eigenvalue weighted by molar-refractivity contribution is -0.139. The van der Waals surface area contributed by atoms with Crippen LogP contribution in [0.5, 0.6) is 0 Å². The van der Waals surface area contributed by atoms with Gasteiger partial charge in [-0.2, -0.15) is 0 Å². The van der Waals surface area contributed by atoms with E-state index in [1.54, 1.807) is 0 Å². The van der Waals surface area contributed by atoms with Gasteiger partial charge in [-0.25, -0.2) is 9.18 Å². The minimum absolute atomic E-state index is 0.167. The maximum absolute atomic E-state index is 13.5. The van der Waals surface area contributed by atoms with E-state index in [0.717, 1.165) is 6.07 Å². The molecule has 0 aliphatic carbocycles. The number of carboxylic acid groups (broad SMARTS) is 1. The molecule has 1 amide bonds. The van der Waals surface area contributed by atoms with Gasteiger partial charge in [-0.15, -0.1) is 12.3 Å². The van der Waals surface area contributed by atoms with Gasteiger partial charge in [-0.1, -0.05) is 15.9 Å². The number of terminal acetylenes is 1. The van der Waals surface area contributed by atoms with Crippen LogP contribution < -0.4 is 5.32 Å². The van der Waals surface area contributed by atoms with Crippen molar-refractivity contribution in [2.75, 3.05) is 0 Å². The molecule has 0 aliphatic heterocycles. The van der Waals surface area contributed by atoms with Gasteiger partial charge >= 0.3 is 5.97 Å². The van der Waals surface area contributed by atoms with Gasteiger partial charge < -0.3 is 10.4 Å². The van der Waals surface area contributed by atoms with Crippen molar-refractivity contribution in [1.29, 1.82) is 0 Å². The van der Waals surface area contributed by atoms with Gasteiger partial charge in [-0.05, 0) is 18.2 Å². The van der Waals surface area contributed by atoms with Crippen molar-refractivity contribution in [3.63, 3.8) is 0 Å². The van der Waals surface area contributed by atoms with Crippen molar-refractivity contribution >= 4 is 27.8 Å². The molecule has 4 nitrogen and oxygen atoms in total. The number of hydrogen-bond donors (Lipinski definition) is 2. The Morgan fingerprint density at radius 2 is 2.22 bits per heavy atom. The van der Waals surface area contributed by atoms with E-state index in [0.29, 0.717) is 4.47 Å². The van der Waals surface area contributed by atoms with Gasteiger partial charge in [0.05, 0.1) is 5.56 Å². The number of rotatable bonds is 4. The van der Waals surface area contributed by atoms with Crippen molar-refractivity contribution in [1.82, 2.24) is 5.32 Å². The van der Waals surface area contributed by atoms with Crippen LogP contribution >= 0.6 is 15.9 Å². The summed E-state index contributed by atoms with van der Waals surface area (Å²) in [5.41, 5.74) is -0.235. The molecular weight excluding hydrogens is 305 g/mol. The summed E-state index contributed by atoms with van der Waals surface area (Å²) in [6, 6.07) is 2.62. The first-order valence-corrected chi connectivity index (χ1v) is 5.67. The van der Waals surface area contributed by atoms with E-state index >= 15 is 0 Å². The third-order valence-corrected chi connectivity index (χ3v) is 2.59. The lowest BCUT2D eigenvalue weighted by atomic mass is 10.1. The third kappa shape index (κ3) is 3.57. The second-order valence-electron chi connectivity index (χ2n) is 3.40.